The minimum absolute atomic E-state index is 0.0833. The highest BCUT2D eigenvalue weighted by Crippen LogP contribution is 2.26. The molecule has 2 aromatic rings. The summed E-state index contributed by atoms with van der Waals surface area (Å²) in [6, 6.07) is 3.54. The monoisotopic (exact) mass is 294 g/mol. The summed E-state index contributed by atoms with van der Waals surface area (Å²) in [7, 11) is 0. The molecule has 0 bridgehead atoms. The number of aromatic nitrogens is 2. The van der Waals surface area contributed by atoms with E-state index in [2.05, 4.69) is 9.97 Å². The fourth-order valence-corrected chi connectivity index (χ4v) is 1.94. The molecule has 0 atom stereocenters. The van der Waals surface area contributed by atoms with E-state index in [4.69, 9.17) is 0 Å². The van der Waals surface area contributed by atoms with Gasteiger partial charge in [0.15, 0.2) is 17.5 Å². The van der Waals surface area contributed by atoms with E-state index in [0.717, 1.165) is 12.1 Å². The Labute approximate surface area is 121 Å². The molecule has 4 nitrogen and oxygen atoms in total. The van der Waals surface area contributed by atoms with E-state index in [-0.39, 0.29) is 29.5 Å². The Kier molecular flexibility index (Phi) is 4.59. The summed E-state index contributed by atoms with van der Waals surface area (Å²) in [6.07, 6.45) is 0. The first kappa shape index (κ1) is 15.5. The second-order valence-electron chi connectivity index (χ2n) is 5.00. The van der Waals surface area contributed by atoms with Crippen LogP contribution >= 0.6 is 0 Å². The zero-order chi connectivity index (χ0) is 15.6. The smallest absolute Gasteiger partial charge is 0.160 e. The third-order valence-electron chi connectivity index (χ3n) is 3.11. The fraction of sp³-hybridized carbons (Fsp3) is 0.333. The average Bonchev–Trinajstić information content (AvgIpc) is 2.48. The maximum Gasteiger partial charge on any atom is 0.160 e. The number of aliphatic hydroxyl groups is 2. The molecule has 0 aliphatic carbocycles. The molecule has 0 aliphatic rings. The van der Waals surface area contributed by atoms with Crippen molar-refractivity contribution in [2.75, 3.05) is 0 Å². The highest BCUT2D eigenvalue weighted by molar-refractivity contribution is 5.60. The second-order valence-corrected chi connectivity index (χ2v) is 5.00. The lowest BCUT2D eigenvalue weighted by atomic mass is 10.0. The Bertz CT molecular complexity index is 660. The summed E-state index contributed by atoms with van der Waals surface area (Å²) in [4.78, 5) is 8.43. The Morgan fingerprint density at radius 1 is 1.00 bits per heavy atom. The van der Waals surface area contributed by atoms with Gasteiger partial charge >= 0.3 is 0 Å². The van der Waals surface area contributed by atoms with Gasteiger partial charge in [0.05, 0.1) is 18.9 Å². The van der Waals surface area contributed by atoms with Crippen LogP contribution < -0.4 is 0 Å². The van der Waals surface area contributed by atoms with Gasteiger partial charge in [-0.2, -0.15) is 0 Å². The first-order valence-corrected chi connectivity index (χ1v) is 6.54. The number of benzene rings is 1. The lowest BCUT2D eigenvalue weighted by Crippen LogP contribution is -2.04. The van der Waals surface area contributed by atoms with Gasteiger partial charge in [-0.05, 0) is 29.7 Å². The second kappa shape index (κ2) is 6.24. The molecular weight excluding hydrogens is 278 g/mol. The van der Waals surface area contributed by atoms with Crippen LogP contribution in [0.15, 0.2) is 18.2 Å². The number of halogens is 2. The third kappa shape index (κ3) is 3.22. The first-order valence-electron chi connectivity index (χ1n) is 6.54. The minimum Gasteiger partial charge on any atom is -0.392 e. The van der Waals surface area contributed by atoms with Gasteiger partial charge in [0.1, 0.15) is 0 Å². The molecule has 0 aliphatic heterocycles. The summed E-state index contributed by atoms with van der Waals surface area (Å²) in [5, 5.41) is 18.6. The van der Waals surface area contributed by atoms with E-state index < -0.39 is 18.2 Å². The van der Waals surface area contributed by atoms with E-state index in [1.807, 2.05) is 13.8 Å². The van der Waals surface area contributed by atoms with Crippen LogP contribution in [-0.2, 0) is 13.2 Å². The molecular formula is C15H16F2N2O2. The van der Waals surface area contributed by atoms with Crippen LogP contribution in [0.25, 0.3) is 11.4 Å². The van der Waals surface area contributed by atoms with Crippen LogP contribution in [-0.4, -0.2) is 20.2 Å². The highest BCUT2D eigenvalue weighted by Gasteiger charge is 2.15. The normalized spacial score (nSPS) is 11.2. The van der Waals surface area contributed by atoms with E-state index in [9.17, 15) is 19.0 Å². The summed E-state index contributed by atoms with van der Waals surface area (Å²) in [5.74, 6) is -1.83. The van der Waals surface area contributed by atoms with Crippen molar-refractivity contribution in [2.45, 2.75) is 33.0 Å². The molecule has 0 saturated carbocycles. The van der Waals surface area contributed by atoms with Crippen molar-refractivity contribution in [3.8, 4) is 11.4 Å². The van der Waals surface area contributed by atoms with Gasteiger partial charge in [0, 0.05) is 11.3 Å². The molecule has 6 heteroatoms. The molecule has 21 heavy (non-hydrogen) atoms. The maximum absolute atomic E-state index is 13.5. The van der Waals surface area contributed by atoms with Crippen molar-refractivity contribution in [3.05, 3.63) is 46.8 Å². The molecule has 2 N–H and O–H groups in total. The Morgan fingerprint density at radius 2 is 1.67 bits per heavy atom. The SMILES string of the molecule is CC(C)c1cc(CO)nc(-c2cc(F)c(F)cc2CO)n1. The van der Waals surface area contributed by atoms with Gasteiger partial charge in [-0.15, -0.1) is 0 Å². The zero-order valence-electron chi connectivity index (χ0n) is 11.8. The van der Waals surface area contributed by atoms with Crippen molar-refractivity contribution in [1.29, 1.82) is 0 Å². The number of hydrogen-bond donors (Lipinski definition) is 2. The number of rotatable bonds is 4. The topological polar surface area (TPSA) is 66.2 Å². The van der Waals surface area contributed by atoms with Crippen molar-refractivity contribution in [3.63, 3.8) is 0 Å². The van der Waals surface area contributed by atoms with Crippen LogP contribution in [0.1, 0.15) is 36.7 Å². The van der Waals surface area contributed by atoms with Crippen molar-refractivity contribution in [2.24, 2.45) is 0 Å². The quantitative estimate of drug-likeness (QED) is 0.909. The third-order valence-corrected chi connectivity index (χ3v) is 3.11. The van der Waals surface area contributed by atoms with Gasteiger partial charge in [-0.25, -0.2) is 18.7 Å². The lowest BCUT2D eigenvalue weighted by molar-refractivity contribution is 0.276. The molecule has 1 heterocycles. The van der Waals surface area contributed by atoms with Gasteiger partial charge < -0.3 is 10.2 Å². The van der Waals surface area contributed by atoms with Crippen LogP contribution in [0.5, 0.6) is 0 Å². The van der Waals surface area contributed by atoms with Crippen LogP contribution in [0.4, 0.5) is 8.78 Å². The predicted octanol–water partition coefficient (Wildman–Crippen LogP) is 2.53. The largest absolute Gasteiger partial charge is 0.392 e. The van der Waals surface area contributed by atoms with Crippen LogP contribution in [0, 0.1) is 11.6 Å². The lowest BCUT2D eigenvalue weighted by Gasteiger charge is -2.12. The molecule has 0 unspecified atom stereocenters. The summed E-state index contributed by atoms with van der Waals surface area (Å²) in [6.45, 7) is 3.10. The summed E-state index contributed by atoms with van der Waals surface area (Å²) >= 11 is 0. The van der Waals surface area contributed by atoms with E-state index in [0.29, 0.717) is 11.4 Å². The van der Waals surface area contributed by atoms with Crippen LogP contribution in [0.2, 0.25) is 0 Å². The van der Waals surface area contributed by atoms with Crippen molar-refractivity contribution in [1.82, 2.24) is 9.97 Å². The van der Waals surface area contributed by atoms with E-state index >= 15 is 0 Å². The molecule has 0 amide bonds. The molecule has 0 spiro atoms. The van der Waals surface area contributed by atoms with Crippen molar-refractivity contribution >= 4 is 0 Å². The van der Waals surface area contributed by atoms with E-state index in [1.165, 1.54) is 0 Å². The molecule has 0 saturated heterocycles. The van der Waals surface area contributed by atoms with E-state index in [1.54, 1.807) is 6.07 Å². The Balaban J connectivity index is 2.65. The first-order chi connectivity index (χ1) is 9.96. The average molecular weight is 294 g/mol. The Hall–Kier alpha value is -1.92. The fourth-order valence-electron chi connectivity index (χ4n) is 1.94. The van der Waals surface area contributed by atoms with Gasteiger partial charge in [-0.1, -0.05) is 13.8 Å². The summed E-state index contributed by atoms with van der Waals surface area (Å²) < 4.78 is 26.7. The molecule has 0 radical (unpaired) electrons. The highest BCUT2D eigenvalue weighted by atomic mass is 19.2. The predicted molar refractivity (Wildman–Crippen MR) is 73.3 cm³/mol. The number of hydrogen-bond acceptors (Lipinski definition) is 4. The Morgan fingerprint density at radius 3 is 2.24 bits per heavy atom. The minimum atomic E-state index is -1.04. The number of aliphatic hydroxyl groups excluding tert-OH is 2. The van der Waals surface area contributed by atoms with Gasteiger partial charge in [0.2, 0.25) is 0 Å². The van der Waals surface area contributed by atoms with Crippen LogP contribution in [0.3, 0.4) is 0 Å². The molecule has 112 valence electrons. The van der Waals surface area contributed by atoms with Gasteiger partial charge in [0.25, 0.3) is 0 Å². The number of nitrogens with zero attached hydrogens (tertiary/aromatic N) is 2. The van der Waals surface area contributed by atoms with Gasteiger partial charge in [-0.3, -0.25) is 0 Å². The molecule has 1 aromatic carbocycles. The molecule has 1 aromatic heterocycles. The standard InChI is InChI=1S/C15H16F2N2O2/c1-8(2)14-4-10(7-21)18-15(19-14)11-5-13(17)12(16)3-9(11)6-20/h3-5,8,20-21H,6-7H2,1-2H3. The molecule has 2 rings (SSSR count). The molecule has 0 fully saturated rings. The zero-order valence-corrected chi connectivity index (χ0v) is 11.8. The maximum atomic E-state index is 13.5. The van der Waals surface area contributed by atoms with Crippen molar-refractivity contribution < 1.29 is 19.0 Å². The summed E-state index contributed by atoms with van der Waals surface area (Å²) in [5.41, 5.74) is 1.47.